The average Bonchev–Trinajstić information content (AvgIpc) is 2.38. The first-order chi connectivity index (χ1) is 8.15. The van der Waals surface area contributed by atoms with Crippen LogP contribution >= 0.6 is 0 Å². The molecule has 94 valence electrons. The Labute approximate surface area is 103 Å². The van der Waals surface area contributed by atoms with Crippen LogP contribution in [0.15, 0.2) is 30.3 Å². The molecule has 0 aliphatic rings. The zero-order chi connectivity index (χ0) is 12.7. The molecule has 1 aromatic rings. The molecule has 0 aliphatic carbocycles. The Balaban J connectivity index is 2.30. The van der Waals surface area contributed by atoms with Gasteiger partial charge in [0.05, 0.1) is 0 Å². The second-order valence-corrected chi connectivity index (χ2v) is 4.41. The number of carbonyl (C=O) groups excluding carboxylic acids is 1. The van der Waals surface area contributed by atoms with Crippen molar-refractivity contribution in [2.75, 3.05) is 6.54 Å². The van der Waals surface area contributed by atoms with E-state index in [1.165, 1.54) is 0 Å². The van der Waals surface area contributed by atoms with Gasteiger partial charge in [-0.3, -0.25) is 4.79 Å². The predicted molar refractivity (Wildman–Crippen MR) is 70.5 cm³/mol. The highest BCUT2D eigenvalue weighted by atomic mass is 16.1. The highest BCUT2D eigenvalue weighted by Gasteiger charge is 2.10. The summed E-state index contributed by atoms with van der Waals surface area (Å²) in [4.78, 5) is 11.5. The maximum absolute atomic E-state index is 11.5. The molecule has 0 saturated heterocycles. The second kappa shape index (κ2) is 7.07. The summed E-state index contributed by atoms with van der Waals surface area (Å²) in [5.74, 6) is 0.204. The topological polar surface area (TPSA) is 55.1 Å². The van der Waals surface area contributed by atoms with Gasteiger partial charge in [-0.25, -0.2) is 0 Å². The molecule has 0 spiro atoms. The number of hydrogen-bond acceptors (Lipinski definition) is 2. The van der Waals surface area contributed by atoms with Crippen LogP contribution in [0.1, 0.15) is 38.3 Å². The molecule has 1 aromatic carbocycles. The minimum absolute atomic E-state index is 0.00608. The van der Waals surface area contributed by atoms with Crippen LogP contribution in [0, 0.1) is 5.92 Å². The Morgan fingerprint density at radius 1 is 1.35 bits per heavy atom. The fraction of sp³-hybridized carbons (Fsp3) is 0.500. The number of carbonyl (C=O) groups is 1. The van der Waals surface area contributed by atoms with Crippen molar-refractivity contribution in [1.82, 2.24) is 5.32 Å². The van der Waals surface area contributed by atoms with Gasteiger partial charge in [-0.1, -0.05) is 44.2 Å². The number of rotatable bonds is 6. The molecule has 2 unspecified atom stereocenters. The monoisotopic (exact) mass is 234 g/mol. The van der Waals surface area contributed by atoms with Gasteiger partial charge in [-0.2, -0.15) is 0 Å². The molecule has 0 aromatic heterocycles. The van der Waals surface area contributed by atoms with Gasteiger partial charge in [0, 0.05) is 18.5 Å². The van der Waals surface area contributed by atoms with Gasteiger partial charge in [0.1, 0.15) is 0 Å². The lowest BCUT2D eigenvalue weighted by molar-refractivity contribution is -0.124. The fourth-order valence-electron chi connectivity index (χ4n) is 1.58. The van der Waals surface area contributed by atoms with Crippen molar-refractivity contribution < 1.29 is 4.79 Å². The summed E-state index contributed by atoms with van der Waals surface area (Å²) in [5, 5.41) is 2.92. The molecule has 0 aliphatic heterocycles. The molecule has 0 bridgehead atoms. The van der Waals surface area contributed by atoms with E-state index in [0.29, 0.717) is 6.54 Å². The Morgan fingerprint density at radius 2 is 2.00 bits per heavy atom. The summed E-state index contributed by atoms with van der Waals surface area (Å²) < 4.78 is 0. The molecular weight excluding hydrogens is 212 g/mol. The molecule has 0 saturated carbocycles. The first-order valence-electron chi connectivity index (χ1n) is 6.23. The Morgan fingerprint density at radius 3 is 2.59 bits per heavy atom. The first-order valence-corrected chi connectivity index (χ1v) is 6.23. The second-order valence-electron chi connectivity index (χ2n) is 4.41. The van der Waals surface area contributed by atoms with Crippen molar-refractivity contribution in [2.24, 2.45) is 11.7 Å². The Kier molecular flexibility index (Phi) is 5.70. The van der Waals surface area contributed by atoms with Gasteiger partial charge in [-0.05, 0) is 18.4 Å². The van der Waals surface area contributed by atoms with E-state index in [0.717, 1.165) is 18.4 Å². The predicted octanol–water partition coefficient (Wildman–Crippen LogP) is 2.24. The molecule has 0 heterocycles. The maximum Gasteiger partial charge on any atom is 0.222 e. The quantitative estimate of drug-likeness (QED) is 0.793. The van der Waals surface area contributed by atoms with Crippen LogP contribution in [0.2, 0.25) is 0 Å². The molecular formula is C14H22N2O. The van der Waals surface area contributed by atoms with Crippen LogP contribution in [0.5, 0.6) is 0 Å². The summed E-state index contributed by atoms with van der Waals surface area (Å²) >= 11 is 0. The lowest BCUT2D eigenvalue weighted by Crippen LogP contribution is -2.31. The number of nitrogens with two attached hydrogens (primary N) is 1. The molecule has 17 heavy (non-hydrogen) atoms. The largest absolute Gasteiger partial charge is 0.356 e. The van der Waals surface area contributed by atoms with Crippen LogP contribution in [-0.2, 0) is 4.79 Å². The average molecular weight is 234 g/mol. The Bertz CT molecular complexity index is 337. The van der Waals surface area contributed by atoms with Gasteiger partial charge >= 0.3 is 0 Å². The van der Waals surface area contributed by atoms with E-state index in [-0.39, 0.29) is 17.9 Å². The standard InChI is InChI=1S/C14H22N2O/c1-3-11(2)14(17)16-10-9-13(15)12-7-5-4-6-8-12/h4-8,11,13H,3,9-10,15H2,1-2H3,(H,16,17). The van der Waals surface area contributed by atoms with E-state index in [2.05, 4.69) is 5.32 Å². The normalized spacial score (nSPS) is 14.1. The van der Waals surface area contributed by atoms with Crippen molar-refractivity contribution in [3.8, 4) is 0 Å². The Hall–Kier alpha value is -1.35. The maximum atomic E-state index is 11.5. The van der Waals surface area contributed by atoms with Gasteiger partial charge in [0.25, 0.3) is 0 Å². The van der Waals surface area contributed by atoms with E-state index in [4.69, 9.17) is 5.73 Å². The zero-order valence-electron chi connectivity index (χ0n) is 10.6. The third-order valence-corrected chi connectivity index (χ3v) is 3.04. The third-order valence-electron chi connectivity index (χ3n) is 3.04. The molecule has 1 rings (SSSR count). The van der Waals surface area contributed by atoms with Crippen LogP contribution in [0.4, 0.5) is 0 Å². The summed E-state index contributed by atoms with van der Waals surface area (Å²) in [6.45, 7) is 4.59. The minimum atomic E-state index is -0.00608. The minimum Gasteiger partial charge on any atom is -0.356 e. The van der Waals surface area contributed by atoms with Crippen LogP contribution < -0.4 is 11.1 Å². The highest BCUT2D eigenvalue weighted by Crippen LogP contribution is 2.12. The number of hydrogen-bond donors (Lipinski definition) is 2. The molecule has 3 nitrogen and oxygen atoms in total. The van der Waals surface area contributed by atoms with Gasteiger partial charge in [-0.15, -0.1) is 0 Å². The first kappa shape index (κ1) is 13.7. The number of benzene rings is 1. The summed E-state index contributed by atoms with van der Waals surface area (Å²) in [5.41, 5.74) is 7.15. The van der Waals surface area contributed by atoms with E-state index in [1.807, 2.05) is 44.2 Å². The number of nitrogens with one attached hydrogen (secondary N) is 1. The van der Waals surface area contributed by atoms with E-state index >= 15 is 0 Å². The van der Waals surface area contributed by atoms with Crippen molar-refractivity contribution >= 4 is 5.91 Å². The smallest absolute Gasteiger partial charge is 0.222 e. The molecule has 3 heteroatoms. The molecule has 3 N–H and O–H groups in total. The fourth-order valence-corrected chi connectivity index (χ4v) is 1.58. The van der Waals surface area contributed by atoms with E-state index in [9.17, 15) is 4.79 Å². The van der Waals surface area contributed by atoms with Crippen LogP contribution in [-0.4, -0.2) is 12.5 Å². The van der Waals surface area contributed by atoms with Gasteiger partial charge in [0.15, 0.2) is 0 Å². The SMILES string of the molecule is CCC(C)C(=O)NCCC(N)c1ccccc1. The third kappa shape index (κ3) is 4.57. The van der Waals surface area contributed by atoms with Gasteiger partial charge in [0.2, 0.25) is 5.91 Å². The lowest BCUT2D eigenvalue weighted by Gasteiger charge is -2.14. The van der Waals surface area contributed by atoms with E-state index in [1.54, 1.807) is 0 Å². The molecule has 0 radical (unpaired) electrons. The molecule has 0 fully saturated rings. The van der Waals surface area contributed by atoms with Crippen LogP contribution in [0.25, 0.3) is 0 Å². The van der Waals surface area contributed by atoms with Crippen molar-refractivity contribution in [3.05, 3.63) is 35.9 Å². The van der Waals surface area contributed by atoms with Crippen molar-refractivity contribution in [2.45, 2.75) is 32.7 Å². The molecule has 1 amide bonds. The molecule has 2 atom stereocenters. The van der Waals surface area contributed by atoms with Crippen LogP contribution in [0.3, 0.4) is 0 Å². The van der Waals surface area contributed by atoms with Crippen molar-refractivity contribution in [1.29, 1.82) is 0 Å². The lowest BCUT2D eigenvalue weighted by atomic mass is 10.0. The highest BCUT2D eigenvalue weighted by molar-refractivity contribution is 5.78. The van der Waals surface area contributed by atoms with E-state index < -0.39 is 0 Å². The zero-order valence-corrected chi connectivity index (χ0v) is 10.6. The number of amides is 1. The van der Waals surface area contributed by atoms with Crippen molar-refractivity contribution in [3.63, 3.8) is 0 Å². The summed E-state index contributed by atoms with van der Waals surface area (Å²) in [6, 6.07) is 9.96. The summed E-state index contributed by atoms with van der Waals surface area (Å²) in [7, 11) is 0. The summed E-state index contributed by atoms with van der Waals surface area (Å²) in [6.07, 6.45) is 1.64. The van der Waals surface area contributed by atoms with Gasteiger partial charge < -0.3 is 11.1 Å².